The molecule has 2 aromatic rings. The lowest BCUT2D eigenvalue weighted by Gasteiger charge is -2.22. The Balaban J connectivity index is 1.66. The highest BCUT2D eigenvalue weighted by molar-refractivity contribution is 7.91. The Hall–Kier alpha value is -2.22. The first kappa shape index (κ1) is 16.6. The van der Waals surface area contributed by atoms with Crippen LogP contribution in [0.2, 0.25) is 0 Å². The zero-order chi connectivity index (χ0) is 17.2. The Labute approximate surface area is 141 Å². The van der Waals surface area contributed by atoms with Crippen LogP contribution >= 0.6 is 0 Å². The zero-order valence-corrected chi connectivity index (χ0v) is 14.3. The van der Waals surface area contributed by atoms with Crippen LogP contribution in [0.1, 0.15) is 37.0 Å². The summed E-state index contributed by atoms with van der Waals surface area (Å²) in [6.45, 7) is 2.42. The van der Waals surface area contributed by atoms with Gasteiger partial charge in [0, 0.05) is 13.0 Å². The molecule has 1 amide bonds. The van der Waals surface area contributed by atoms with E-state index < -0.39 is 9.84 Å². The molecule has 8 heteroatoms. The number of aromatic nitrogens is 3. The van der Waals surface area contributed by atoms with Crippen LogP contribution < -0.4 is 0 Å². The third kappa shape index (κ3) is 3.48. The highest BCUT2D eigenvalue weighted by Gasteiger charge is 2.33. The van der Waals surface area contributed by atoms with Gasteiger partial charge in [-0.3, -0.25) is 9.89 Å². The normalized spacial score (nSPS) is 18.0. The maximum absolute atomic E-state index is 12.5. The van der Waals surface area contributed by atoms with Gasteiger partial charge in [-0.25, -0.2) is 13.4 Å². The SMILES string of the molecule is Cc1nc([C@H]2CCCN2C(=O)CCS(=O)(=O)c2ccccc2)n[nH]1. The van der Waals surface area contributed by atoms with Crippen molar-refractivity contribution < 1.29 is 13.2 Å². The average Bonchev–Trinajstić information content (AvgIpc) is 3.22. The molecule has 0 aliphatic carbocycles. The molecule has 0 unspecified atom stereocenters. The molecule has 0 bridgehead atoms. The van der Waals surface area contributed by atoms with Gasteiger partial charge in [0.1, 0.15) is 5.82 Å². The van der Waals surface area contributed by atoms with Gasteiger partial charge in [-0.2, -0.15) is 5.10 Å². The number of amides is 1. The van der Waals surface area contributed by atoms with E-state index in [1.165, 1.54) is 0 Å². The zero-order valence-electron chi connectivity index (χ0n) is 13.5. The van der Waals surface area contributed by atoms with E-state index in [4.69, 9.17) is 0 Å². The number of hydrogen-bond donors (Lipinski definition) is 1. The fourth-order valence-corrected chi connectivity index (χ4v) is 4.20. The summed E-state index contributed by atoms with van der Waals surface area (Å²) >= 11 is 0. The Morgan fingerprint density at radius 2 is 2.08 bits per heavy atom. The number of aryl methyl sites for hydroxylation is 1. The molecule has 1 saturated heterocycles. The fourth-order valence-electron chi connectivity index (χ4n) is 2.95. The number of hydrogen-bond acceptors (Lipinski definition) is 5. The van der Waals surface area contributed by atoms with Crippen LogP contribution in [0.4, 0.5) is 0 Å². The predicted molar refractivity (Wildman–Crippen MR) is 87.9 cm³/mol. The summed E-state index contributed by atoms with van der Waals surface area (Å²) in [7, 11) is -3.45. The summed E-state index contributed by atoms with van der Waals surface area (Å²) in [4.78, 5) is 18.8. The lowest BCUT2D eigenvalue weighted by Crippen LogP contribution is -2.32. The first-order valence-electron chi connectivity index (χ1n) is 7.93. The smallest absolute Gasteiger partial charge is 0.224 e. The quantitative estimate of drug-likeness (QED) is 0.886. The average molecular weight is 348 g/mol. The van der Waals surface area contributed by atoms with Crippen LogP contribution in [0.5, 0.6) is 0 Å². The monoisotopic (exact) mass is 348 g/mol. The second kappa shape index (κ2) is 6.72. The Morgan fingerprint density at radius 1 is 1.33 bits per heavy atom. The van der Waals surface area contributed by atoms with Crippen LogP contribution in [0.15, 0.2) is 35.2 Å². The molecule has 128 valence electrons. The molecular weight excluding hydrogens is 328 g/mol. The molecule has 1 aliphatic heterocycles. The van der Waals surface area contributed by atoms with E-state index in [1.54, 1.807) is 35.2 Å². The molecule has 3 rings (SSSR count). The van der Waals surface area contributed by atoms with Crippen LogP contribution in [0, 0.1) is 6.92 Å². The summed E-state index contributed by atoms with van der Waals surface area (Å²) in [5.41, 5.74) is 0. The van der Waals surface area contributed by atoms with Crippen LogP contribution in [0.25, 0.3) is 0 Å². The molecule has 24 heavy (non-hydrogen) atoms. The van der Waals surface area contributed by atoms with Crippen molar-refractivity contribution in [1.82, 2.24) is 20.1 Å². The predicted octanol–water partition coefficient (Wildman–Crippen LogP) is 1.64. The summed E-state index contributed by atoms with van der Waals surface area (Å²) < 4.78 is 24.6. The second-order valence-electron chi connectivity index (χ2n) is 5.91. The molecule has 2 heterocycles. The Kier molecular flexibility index (Phi) is 4.66. The number of benzene rings is 1. The van der Waals surface area contributed by atoms with E-state index in [1.807, 2.05) is 6.92 Å². The topological polar surface area (TPSA) is 96.0 Å². The fraction of sp³-hybridized carbons (Fsp3) is 0.438. The largest absolute Gasteiger partial charge is 0.332 e. The minimum atomic E-state index is -3.45. The van der Waals surface area contributed by atoms with E-state index in [2.05, 4.69) is 15.2 Å². The number of carbonyl (C=O) groups is 1. The number of H-pyrrole nitrogens is 1. The van der Waals surface area contributed by atoms with Crippen LogP contribution in [0.3, 0.4) is 0 Å². The van der Waals surface area contributed by atoms with Gasteiger partial charge in [-0.1, -0.05) is 18.2 Å². The second-order valence-corrected chi connectivity index (χ2v) is 8.02. The molecule has 1 fully saturated rings. The molecule has 1 aromatic heterocycles. The number of nitrogens with one attached hydrogen (secondary N) is 1. The Bertz CT molecular complexity index is 817. The Morgan fingerprint density at radius 3 is 2.75 bits per heavy atom. The molecule has 0 radical (unpaired) electrons. The van der Waals surface area contributed by atoms with Gasteiger partial charge >= 0.3 is 0 Å². The highest BCUT2D eigenvalue weighted by atomic mass is 32.2. The van der Waals surface area contributed by atoms with E-state index in [0.717, 1.165) is 12.8 Å². The van der Waals surface area contributed by atoms with Gasteiger partial charge in [-0.05, 0) is 31.9 Å². The molecule has 0 saturated carbocycles. The summed E-state index contributed by atoms with van der Waals surface area (Å²) in [6.07, 6.45) is 1.64. The van der Waals surface area contributed by atoms with Gasteiger partial charge < -0.3 is 4.90 Å². The van der Waals surface area contributed by atoms with Gasteiger partial charge in [-0.15, -0.1) is 0 Å². The number of rotatable bonds is 5. The van der Waals surface area contributed by atoms with Crippen molar-refractivity contribution in [3.05, 3.63) is 42.0 Å². The van der Waals surface area contributed by atoms with Crippen molar-refractivity contribution in [1.29, 1.82) is 0 Å². The van der Waals surface area contributed by atoms with Gasteiger partial charge in [0.05, 0.1) is 16.7 Å². The van der Waals surface area contributed by atoms with Crippen molar-refractivity contribution in [2.24, 2.45) is 0 Å². The van der Waals surface area contributed by atoms with Gasteiger partial charge in [0.25, 0.3) is 0 Å². The molecule has 1 N–H and O–H groups in total. The lowest BCUT2D eigenvalue weighted by molar-refractivity contribution is -0.131. The summed E-state index contributed by atoms with van der Waals surface area (Å²) in [5.74, 6) is 0.950. The molecule has 1 aliphatic rings. The van der Waals surface area contributed by atoms with E-state index >= 15 is 0 Å². The third-order valence-electron chi connectivity index (χ3n) is 4.17. The van der Waals surface area contributed by atoms with Gasteiger partial charge in [0.15, 0.2) is 15.7 Å². The lowest BCUT2D eigenvalue weighted by atomic mass is 10.2. The number of likely N-dealkylation sites (tertiary alicyclic amines) is 1. The minimum Gasteiger partial charge on any atom is -0.332 e. The van der Waals surface area contributed by atoms with Crippen molar-refractivity contribution in [2.75, 3.05) is 12.3 Å². The third-order valence-corrected chi connectivity index (χ3v) is 5.90. The number of aromatic amines is 1. The summed E-state index contributed by atoms with van der Waals surface area (Å²) in [5, 5.41) is 6.93. The molecular formula is C16H20N4O3S. The number of sulfone groups is 1. The first-order chi connectivity index (χ1) is 11.5. The van der Waals surface area contributed by atoms with Gasteiger partial charge in [0.2, 0.25) is 5.91 Å². The molecule has 1 atom stereocenters. The van der Waals surface area contributed by atoms with Crippen molar-refractivity contribution in [2.45, 2.75) is 37.1 Å². The molecule has 0 spiro atoms. The van der Waals surface area contributed by atoms with E-state index in [0.29, 0.717) is 18.2 Å². The number of nitrogens with zero attached hydrogens (tertiary/aromatic N) is 3. The summed E-state index contributed by atoms with van der Waals surface area (Å²) in [6, 6.07) is 8.05. The van der Waals surface area contributed by atoms with E-state index in [9.17, 15) is 13.2 Å². The van der Waals surface area contributed by atoms with Crippen LogP contribution in [-0.4, -0.2) is 46.7 Å². The van der Waals surface area contributed by atoms with Crippen LogP contribution in [-0.2, 0) is 14.6 Å². The van der Waals surface area contributed by atoms with Crippen molar-refractivity contribution in [3.63, 3.8) is 0 Å². The van der Waals surface area contributed by atoms with E-state index in [-0.39, 0.29) is 29.0 Å². The molecule has 7 nitrogen and oxygen atoms in total. The first-order valence-corrected chi connectivity index (χ1v) is 9.59. The van der Waals surface area contributed by atoms with Crippen molar-refractivity contribution >= 4 is 15.7 Å². The maximum atomic E-state index is 12.5. The maximum Gasteiger partial charge on any atom is 0.224 e. The standard InChI is InChI=1S/C16H20N4O3S/c1-12-17-16(19-18-12)14-8-5-10-20(14)15(21)9-11-24(22,23)13-6-3-2-4-7-13/h2-4,6-7,14H,5,8-11H2,1H3,(H,17,18,19)/t14-/m1/s1. The highest BCUT2D eigenvalue weighted by Crippen LogP contribution is 2.30. The molecule has 1 aromatic carbocycles. The van der Waals surface area contributed by atoms with Crippen molar-refractivity contribution in [3.8, 4) is 0 Å². The minimum absolute atomic E-state index is 0.0306. The number of carbonyl (C=O) groups excluding carboxylic acids is 1.